The maximum atomic E-state index is 3.71. The fraction of sp³-hybridized carbons (Fsp3) is 1.00. The first kappa shape index (κ1) is 12.4. The third-order valence-corrected chi connectivity index (χ3v) is 5.54. The van der Waals surface area contributed by atoms with E-state index in [1.54, 1.807) is 0 Å². The van der Waals surface area contributed by atoms with Gasteiger partial charge in [-0.05, 0) is 61.4 Å². The summed E-state index contributed by atoms with van der Waals surface area (Å²) in [5.41, 5.74) is 0.602. The number of hydrogen-bond donors (Lipinski definition) is 1. The summed E-state index contributed by atoms with van der Waals surface area (Å²) in [4.78, 5) is 0. The molecule has 16 heavy (non-hydrogen) atoms. The van der Waals surface area contributed by atoms with Gasteiger partial charge in [0.05, 0.1) is 0 Å². The van der Waals surface area contributed by atoms with Gasteiger partial charge in [0, 0.05) is 0 Å². The van der Waals surface area contributed by atoms with Crippen LogP contribution in [0.4, 0.5) is 0 Å². The van der Waals surface area contributed by atoms with Crippen LogP contribution in [0.3, 0.4) is 0 Å². The molecule has 1 aliphatic carbocycles. The average Bonchev–Trinajstić information content (AvgIpc) is 2.44. The fourth-order valence-corrected chi connectivity index (χ4v) is 4.70. The molecular formula is C15H29N. The maximum absolute atomic E-state index is 3.71. The van der Waals surface area contributed by atoms with Crippen molar-refractivity contribution in [2.75, 3.05) is 13.1 Å². The van der Waals surface area contributed by atoms with Gasteiger partial charge in [0.15, 0.2) is 0 Å². The summed E-state index contributed by atoms with van der Waals surface area (Å²) in [7, 11) is 0. The van der Waals surface area contributed by atoms with Gasteiger partial charge in [-0.25, -0.2) is 0 Å². The highest BCUT2D eigenvalue weighted by atomic mass is 14.9. The zero-order valence-corrected chi connectivity index (χ0v) is 11.6. The standard InChI is InChI=1S/C15H29N/c1-11(2)15(12(3)4)8-13-6-5-7-14(15)10-16-9-13/h11-14,16H,5-10H2,1-4H3. The number of rotatable bonds is 2. The van der Waals surface area contributed by atoms with E-state index in [0.29, 0.717) is 5.41 Å². The van der Waals surface area contributed by atoms with Crippen LogP contribution < -0.4 is 5.32 Å². The van der Waals surface area contributed by atoms with Gasteiger partial charge in [-0.2, -0.15) is 0 Å². The van der Waals surface area contributed by atoms with Gasteiger partial charge in [0.2, 0.25) is 0 Å². The molecule has 1 nitrogen and oxygen atoms in total. The molecule has 1 N–H and O–H groups in total. The summed E-state index contributed by atoms with van der Waals surface area (Å²) in [6.07, 6.45) is 5.86. The minimum atomic E-state index is 0.602. The summed E-state index contributed by atoms with van der Waals surface area (Å²) in [5.74, 6) is 3.52. The van der Waals surface area contributed by atoms with Crippen LogP contribution in [0.1, 0.15) is 53.4 Å². The quantitative estimate of drug-likeness (QED) is 0.753. The summed E-state index contributed by atoms with van der Waals surface area (Å²) in [6.45, 7) is 12.4. The molecule has 0 aromatic rings. The van der Waals surface area contributed by atoms with Crippen molar-refractivity contribution in [1.29, 1.82) is 0 Å². The van der Waals surface area contributed by atoms with Gasteiger partial charge in [0.25, 0.3) is 0 Å². The first-order chi connectivity index (χ1) is 7.57. The topological polar surface area (TPSA) is 12.0 Å². The van der Waals surface area contributed by atoms with E-state index < -0.39 is 0 Å². The smallest absolute Gasteiger partial charge is 0.00149 e. The Balaban J connectivity index is 2.34. The Labute approximate surface area is 101 Å². The molecule has 0 spiro atoms. The summed E-state index contributed by atoms with van der Waals surface area (Å²) in [6, 6.07) is 0. The van der Waals surface area contributed by atoms with E-state index in [4.69, 9.17) is 0 Å². The van der Waals surface area contributed by atoms with Crippen molar-refractivity contribution in [3.8, 4) is 0 Å². The van der Waals surface area contributed by atoms with Gasteiger partial charge in [-0.1, -0.05) is 34.1 Å². The Morgan fingerprint density at radius 2 is 1.69 bits per heavy atom. The lowest BCUT2D eigenvalue weighted by Gasteiger charge is -2.47. The van der Waals surface area contributed by atoms with E-state index in [9.17, 15) is 0 Å². The first-order valence-electron chi connectivity index (χ1n) is 7.28. The molecule has 2 unspecified atom stereocenters. The Morgan fingerprint density at radius 3 is 2.31 bits per heavy atom. The van der Waals surface area contributed by atoms with Crippen LogP contribution in [0.5, 0.6) is 0 Å². The zero-order chi connectivity index (χ0) is 11.8. The Hall–Kier alpha value is -0.0400. The number of hydrogen-bond acceptors (Lipinski definition) is 1. The first-order valence-corrected chi connectivity index (χ1v) is 7.28. The second kappa shape index (κ2) is 4.68. The normalized spacial score (nSPS) is 34.1. The van der Waals surface area contributed by atoms with Crippen LogP contribution in [-0.2, 0) is 0 Å². The Bertz CT molecular complexity index is 214. The molecule has 0 aromatic heterocycles. The van der Waals surface area contributed by atoms with Crippen molar-refractivity contribution in [1.82, 2.24) is 5.32 Å². The molecule has 1 heteroatoms. The monoisotopic (exact) mass is 223 g/mol. The van der Waals surface area contributed by atoms with Gasteiger partial charge in [-0.3, -0.25) is 0 Å². The summed E-state index contributed by atoms with van der Waals surface area (Å²) < 4.78 is 0. The van der Waals surface area contributed by atoms with E-state index in [2.05, 4.69) is 33.0 Å². The molecule has 94 valence electrons. The molecule has 2 aliphatic rings. The number of nitrogens with one attached hydrogen (secondary N) is 1. The third kappa shape index (κ3) is 1.92. The average molecular weight is 223 g/mol. The molecule has 1 saturated carbocycles. The SMILES string of the molecule is CC(C)C1(C(C)C)CC2CCCC1CNC2. The minimum absolute atomic E-state index is 0.602. The molecule has 2 bridgehead atoms. The highest BCUT2D eigenvalue weighted by Gasteiger charge is 2.47. The Kier molecular flexibility index (Phi) is 3.63. The largest absolute Gasteiger partial charge is 0.316 e. The van der Waals surface area contributed by atoms with Crippen LogP contribution >= 0.6 is 0 Å². The van der Waals surface area contributed by atoms with Crippen LogP contribution in [0.2, 0.25) is 0 Å². The molecule has 0 amide bonds. The highest BCUT2D eigenvalue weighted by Crippen LogP contribution is 2.52. The van der Waals surface area contributed by atoms with Crippen molar-refractivity contribution in [2.45, 2.75) is 53.4 Å². The molecule has 0 radical (unpaired) electrons. The molecule has 2 atom stereocenters. The second-order valence-corrected chi connectivity index (χ2v) is 6.78. The summed E-state index contributed by atoms with van der Waals surface area (Å²) in [5, 5.41) is 3.71. The lowest BCUT2D eigenvalue weighted by atomic mass is 9.58. The lowest BCUT2D eigenvalue weighted by Crippen LogP contribution is -2.42. The van der Waals surface area contributed by atoms with Crippen LogP contribution in [0.15, 0.2) is 0 Å². The predicted molar refractivity (Wildman–Crippen MR) is 70.4 cm³/mol. The molecule has 2 fully saturated rings. The molecule has 1 heterocycles. The molecule has 0 aromatic carbocycles. The zero-order valence-electron chi connectivity index (χ0n) is 11.6. The van der Waals surface area contributed by atoms with Crippen molar-refractivity contribution in [3.05, 3.63) is 0 Å². The second-order valence-electron chi connectivity index (χ2n) is 6.78. The van der Waals surface area contributed by atoms with Crippen molar-refractivity contribution in [3.63, 3.8) is 0 Å². The number of fused-ring (bicyclic) bond motifs is 3. The lowest BCUT2D eigenvalue weighted by molar-refractivity contribution is 0.0235. The van der Waals surface area contributed by atoms with Crippen molar-refractivity contribution < 1.29 is 0 Å². The van der Waals surface area contributed by atoms with Crippen molar-refractivity contribution in [2.24, 2.45) is 29.1 Å². The Morgan fingerprint density at radius 1 is 1.00 bits per heavy atom. The molecular weight excluding hydrogens is 194 g/mol. The van der Waals surface area contributed by atoms with Crippen LogP contribution in [0.25, 0.3) is 0 Å². The predicted octanol–water partition coefficient (Wildman–Crippen LogP) is 3.69. The molecule has 2 rings (SSSR count). The minimum Gasteiger partial charge on any atom is -0.316 e. The van der Waals surface area contributed by atoms with Crippen LogP contribution in [-0.4, -0.2) is 13.1 Å². The van der Waals surface area contributed by atoms with Gasteiger partial charge in [-0.15, -0.1) is 0 Å². The van der Waals surface area contributed by atoms with Crippen molar-refractivity contribution >= 4 is 0 Å². The molecule has 1 saturated heterocycles. The van der Waals surface area contributed by atoms with Crippen LogP contribution in [0, 0.1) is 29.1 Å². The van der Waals surface area contributed by atoms with E-state index in [1.165, 1.54) is 38.8 Å². The highest BCUT2D eigenvalue weighted by molar-refractivity contribution is 4.98. The van der Waals surface area contributed by atoms with Gasteiger partial charge in [0.1, 0.15) is 0 Å². The van der Waals surface area contributed by atoms with E-state index in [0.717, 1.165) is 23.7 Å². The summed E-state index contributed by atoms with van der Waals surface area (Å²) >= 11 is 0. The van der Waals surface area contributed by atoms with E-state index >= 15 is 0 Å². The third-order valence-electron chi connectivity index (χ3n) is 5.54. The maximum Gasteiger partial charge on any atom is -0.00149 e. The van der Waals surface area contributed by atoms with Gasteiger partial charge >= 0.3 is 0 Å². The fourth-order valence-electron chi connectivity index (χ4n) is 4.70. The molecule has 1 aliphatic heterocycles. The van der Waals surface area contributed by atoms with E-state index in [-0.39, 0.29) is 0 Å². The van der Waals surface area contributed by atoms with Gasteiger partial charge < -0.3 is 5.32 Å². The van der Waals surface area contributed by atoms with E-state index in [1.807, 2.05) is 0 Å².